The molecule has 2 aromatic rings. The quantitative estimate of drug-likeness (QED) is 0.812. The van der Waals surface area contributed by atoms with Gasteiger partial charge in [0.25, 0.3) is 0 Å². The van der Waals surface area contributed by atoms with Gasteiger partial charge in [-0.25, -0.2) is 14.6 Å². The van der Waals surface area contributed by atoms with Crippen LogP contribution in [0, 0.1) is 0 Å². The minimum absolute atomic E-state index is 0.156. The van der Waals surface area contributed by atoms with Crippen LogP contribution in [0.25, 0.3) is 11.4 Å². The summed E-state index contributed by atoms with van der Waals surface area (Å²) in [5.41, 5.74) is 0.258. The number of hydrogen-bond donors (Lipinski definition) is 2. The van der Waals surface area contributed by atoms with Crippen molar-refractivity contribution in [1.82, 2.24) is 35.3 Å². The molecule has 2 aromatic heterocycles. The molecule has 4 heterocycles. The number of likely N-dealkylation sites (N-methyl/N-ethyl adjacent to an activating group) is 1. The normalized spacial score (nSPS) is 21.8. The Bertz CT molecular complexity index is 856. The minimum atomic E-state index is -0.578. The molecular weight excluding hydrogens is 362 g/mol. The smallest absolute Gasteiger partial charge is 0.410 e. The molecule has 2 fully saturated rings. The Morgan fingerprint density at radius 3 is 3.07 bits per heavy atom. The molecular formula is C18H23N7O3. The number of carbonyl (C=O) groups excluding carboxylic acids is 2. The van der Waals surface area contributed by atoms with E-state index in [-0.39, 0.29) is 12.1 Å². The number of likely N-dealkylation sites (tertiary alicyclic amines) is 1. The monoisotopic (exact) mass is 385 g/mol. The van der Waals surface area contributed by atoms with Crippen LogP contribution in [0.2, 0.25) is 0 Å². The van der Waals surface area contributed by atoms with E-state index in [0.29, 0.717) is 44.2 Å². The molecule has 2 aliphatic heterocycles. The SMILES string of the molecule is CN1C[C@]2(CCCN(C(=O)NCCc3nc(-c4cccnc4)n[nH]3)C2)OC1=O. The standard InChI is InChI=1S/C18H23N7O3/c1-24-11-18(28-17(24)27)6-3-9-25(12-18)16(26)20-8-5-14-21-15(23-22-14)13-4-2-7-19-10-13/h2,4,7,10H,3,5-6,8-9,11-12H2,1H3,(H,20,26)(H,21,22,23)/t18-/m0/s1. The first-order chi connectivity index (χ1) is 13.5. The summed E-state index contributed by atoms with van der Waals surface area (Å²) in [4.78, 5) is 36.0. The second kappa shape index (κ2) is 7.45. The lowest BCUT2D eigenvalue weighted by atomic mass is 9.93. The summed E-state index contributed by atoms with van der Waals surface area (Å²) in [6, 6.07) is 3.56. The van der Waals surface area contributed by atoms with Gasteiger partial charge in [0.05, 0.1) is 13.1 Å². The number of aromatic nitrogens is 4. The summed E-state index contributed by atoms with van der Waals surface area (Å²) in [5.74, 6) is 1.28. The number of pyridine rings is 1. The van der Waals surface area contributed by atoms with Gasteiger partial charge in [0.2, 0.25) is 0 Å². The third kappa shape index (κ3) is 3.75. The van der Waals surface area contributed by atoms with E-state index in [0.717, 1.165) is 18.4 Å². The van der Waals surface area contributed by atoms with E-state index in [2.05, 4.69) is 25.5 Å². The fraction of sp³-hybridized carbons (Fsp3) is 0.500. The molecule has 10 nitrogen and oxygen atoms in total. The van der Waals surface area contributed by atoms with E-state index in [9.17, 15) is 9.59 Å². The molecule has 0 saturated carbocycles. The van der Waals surface area contributed by atoms with Gasteiger partial charge >= 0.3 is 12.1 Å². The van der Waals surface area contributed by atoms with Gasteiger partial charge < -0.3 is 19.9 Å². The van der Waals surface area contributed by atoms with Gasteiger partial charge in [0, 0.05) is 44.5 Å². The highest BCUT2D eigenvalue weighted by molar-refractivity contribution is 5.75. The Balaban J connectivity index is 1.28. The first kappa shape index (κ1) is 18.2. The molecule has 148 valence electrons. The predicted octanol–water partition coefficient (Wildman–Crippen LogP) is 1.04. The zero-order valence-electron chi connectivity index (χ0n) is 15.7. The fourth-order valence-electron chi connectivity index (χ4n) is 3.71. The van der Waals surface area contributed by atoms with Crippen molar-refractivity contribution in [2.75, 3.05) is 33.2 Å². The summed E-state index contributed by atoms with van der Waals surface area (Å²) in [6.07, 6.45) is 5.20. The molecule has 28 heavy (non-hydrogen) atoms. The topological polar surface area (TPSA) is 116 Å². The number of ether oxygens (including phenoxy) is 1. The van der Waals surface area contributed by atoms with Crippen LogP contribution >= 0.6 is 0 Å². The van der Waals surface area contributed by atoms with Crippen LogP contribution in [0.5, 0.6) is 0 Å². The van der Waals surface area contributed by atoms with Crippen LogP contribution in [0.3, 0.4) is 0 Å². The van der Waals surface area contributed by atoms with Crippen molar-refractivity contribution in [3.63, 3.8) is 0 Å². The Morgan fingerprint density at radius 2 is 2.32 bits per heavy atom. The molecule has 0 aliphatic carbocycles. The minimum Gasteiger partial charge on any atom is -0.439 e. The second-order valence-corrected chi connectivity index (χ2v) is 7.26. The van der Waals surface area contributed by atoms with Gasteiger partial charge in [-0.15, -0.1) is 0 Å². The maximum Gasteiger partial charge on any atom is 0.410 e. The zero-order chi connectivity index (χ0) is 19.6. The highest BCUT2D eigenvalue weighted by Gasteiger charge is 2.47. The number of nitrogens with zero attached hydrogens (tertiary/aromatic N) is 5. The first-order valence-electron chi connectivity index (χ1n) is 9.33. The number of nitrogens with one attached hydrogen (secondary N) is 2. The van der Waals surface area contributed by atoms with Crippen molar-refractivity contribution in [3.05, 3.63) is 30.4 Å². The number of rotatable bonds is 4. The van der Waals surface area contributed by atoms with Gasteiger partial charge in [-0.1, -0.05) is 0 Å². The van der Waals surface area contributed by atoms with Crippen molar-refractivity contribution in [3.8, 4) is 11.4 Å². The summed E-state index contributed by atoms with van der Waals surface area (Å²) < 4.78 is 5.54. The molecule has 1 spiro atoms. The average Bonchev–Trinajstić information content (AvgIpc) is 3.27. The Hall–Kier alpha value is -3.17. The van der Waals surface area contributed by atoms with Crippen LogP contribution in [-0.4, -0.2) is 80.9 Å². The Labute approximate surface area is 162 Å². The van der Waals surface area contributed by atoms with Gasteiger partial charge in [0.1, 0.15) is 11.4 Å². The van der Waals surface area contributed by atoms with Crippen LogP contribution in [0.1, 0.15) is 18.7 Å². The summed E-state index contributed by atoms with van der Waals surface area (Å²) in [6.45, 7) is 2.03. The second-order valence-electron chi connectivity index (χ2n) is 7.26. The molecule has 3 amide bonds. The van der Waals surface area contributed by atoms with Gasteiger partial charge in [-0.2, -0.15) is 5.10 Å². The number of aromatic amines is 1. The number of urea groups is 1. The summed E-state index contributed by atoms with van der Waals surface area (Å²) in [5, 5.41) is 9.99. The van der Waals surface area contributed by atoms with E-state index in [1.165, 1.54) is 0 Å². The molecule has 4 rings (SSSR count). The maximum atomic E-state index is 12.5. The first-order valence-corrected chi connectivity index (χ1v) is 9.33. The van der Waals surface area contributed by atoms with Crippen LogP contribution in [-0.2, 0) is 11.2 Å². The molecule has 0 bridgehead atoms. The summed E-state index contributed by atoms with van der Waals surface area (Å²) in [7, 11) is 1.72. The molecule has 0 aromatic carbocycles. The van der Waals surface area contributed by atoms with Crippen LogP contribution in [0.15, 0.2) is 24.5 Å². The number of piperidine rings is 1. The largest absolute Gasteiger partial charge is 0.439 e. The molecule has 2 saturated heterocycles. The maximum absolute atomic E-state index is 12.5. The molecule has 10 heteroatoms. The van der Waals surface area contributed by atoms with E-state index >= 15 is 0 Å². The lowest BCUT2D eigenvalue weighted by Crippen LogP contribution is -2.54. The Kier molecular flexibility index (Phi) is 4.84. The molecule has 1 atom stereocenters. The van der Waals surface area contributed by atoms with E-state index in [1.54, 1.807) is 29.2 Å². The molecule has 2 aliphatic rings. The van der Waals surface area contributed by atoms with Gasteiger partial charge in [-0.3, -0.25) is 10.1 Å². The highest BCUT2D eigenvalue weighted by Crippen LogP contribution is 2.31. The molecule has 0 radical (unpaired) electrons. The lowest BCUT2D eigenvalue weighted by Gasteiger charge is -2.38. The fourth-order valence-corrected chi connectivity index (χ4v) is 3.71. The van der Waals surface area contributed by atoms with Crippen molar-refractivity contribution >= 4 is 12.1 Å². The summed E-state index contributed by atoms with van der Waals surface area (Å²) >= 11 is 0. The Morgan fingerprint density at radius 1 is 1.43 bits per heavy atom. The number of amides is 3. The van der Waals surface area contributed by atoms with Crippen molar-refractivity contribution in [1.29, 1.82) is 0 Å². The van der Waals surface area contributed by atoms with Gasteiger partial charge in [-0.05, 0) is 25.0 Å². The highest BCUT2D eigenvalue weighted by atomic mass is 16.6. The molecule has 0 unspecified atom stereocenters. The predicted molar refractivity (Wildman–Crippen MR) is 99.4 cm³/mol. The van der Waals surface area contributed by atoms with E-state index in [4.69, 9.17) is 4.74 Å². The number of H-pyrrole nitrogens is 1. The zero-order valence-corrected chi connectivity index (χ0v) is 15.7. The van der Waals surface area contributed by atoms with Crippen molar-refractivity contribution < 1.29 is 14.3 Å². The average molecular weight is 385 g/mol. The van der Waals surface area contributed by atoms with Crippen molar-refractivity contribution in [2.24, 2.45) is 0 Å². The number of carbonyl (C=O) groups is 2. The van der Waals surface area contributed by atoms with E-state index < -0.39 is 5.60 Å². The third-order valence-corrected chi connectivity index (χ3v) is 5.06. The van der Waals surface area contributed by atoms with Gasteiger partial charge in [0.15, 0.2) is 5.82 Å². The molecule has 2 N–H and O–H groups in total. The van der Waals surface area contributed by atoms with Crippen LogP contribution < -0.4 is 5.32 Å². The number of hydrogen-bond acceptors (Lipinski definition) is 6. The van der Waals surface area contributed by atoms with Crippen LogP contribution in [0.4, 0.5) is 9.59 Å². The van der Waals surface area contributed by atoms with E-state index in [1.807, 2.05) is 12.1 Å². The lowest BCUT2D eigenvalue weighted by molar-refractivity contribution is 0.00325. The van der Waals surface area contributed by atoms with Crippen molar-refractivity contribution in [2.45, 2.75) is 24.9 Å². The third-order valence-electron chi connectivity index (χ3n) is 5.06.